The number of fused-ring (bicyclic) bond motifs is 1. The first kappa shape index (κ1) is 20.2. The Labute approximate surface area is 171 Å². The molecule has 1 fully saturated rings. The standard InChI is InChI=1S/C21H21F3N4O2/c1-30-15-9-5-6-13(10-15)17-11-18(21(22,23)24)28-19(27-17)16(12-25-28)20(29)26-14-7-3-2-4-8-14/h5-6,9-12,14H,2-4,7-8H2,1H3,(H,26,29). The molecule has 158 valence electrons. The second-order valence-corrected chi connectivity index (χ2v) is 7.36. The van der Waals surface area contributed by atoms with Crippen molar-refractivity contribution in [2.45, 2.75) is 44.3 Å². The zero-order valence-electron chi connectivity index (χ0n) is 16.4. The van der Waals surface area contributed by atoms with Gasteiger partial charge in [0.15, 0.2) is 11.3 Å². The number of hydrogen-bond donors (Lipinski definition) is 1. The van der Waals surface area contributed by atoms with Crippen LogP contribution in [0.1, 0.15) is 48.2 Å². The van der Waals surface area contributed by atoms with Crippen molar-refractivity contribution in [3.8, 4) is 17.0 Å². The van der Waals surface area contributed by atoms with Gasteiger partial charge in [-0.05, 0) is 31.0 Å². The first-order valence-electron chi connectivity index (χ1n) is 9.78. The number of hydrogen-bond acceptors (Lipinski definition) is 4. The lowest BCUT2D eigenvalue weighted by molar-refractivity contribution is -0.142. The van der Waals surface area contributed by atoms with Crippen molar-refractivity contribution in [2.75, 3.05) is 7.11 Å². The largest absolute Gasteiger partial charge is 0.497 e. The molecule has 0 spiro atoms. The molecule has 6 nitrogen and oxygen atoms in total. The number of ether oxygens (including phenoxy) is 1. The van der Waals surface area contributed by atoms with E-state index in [9.17, 15) is 18.0 Å². The molecule has 0 atom stereocenters. The van der Waals surface area contributed by atoms with Gasteiger partial charge in [0.05, 0.1) is 19.0 Å². The highest BCUT2D eigenvalue weighted by atomic mass is 19.4. The maximum Gasteiger partial charge on any atom is 0.433 e. The smallest absolute Gasteiger partial charge is 0.433 e. The molecule has 2 aromatic heterocycles. The van der Waals surface area contributed by atoms with E-state index in [4.69, 9.17) is 4.74 Å². The molecule has 30 heavy (non-hydrogen) atoms. The SMILES string of the molecule is COc1cccc(-c2cc(C(F)(F)F)n3ncc(C(=O)NC4CCCCC4)c3n2)c1. The Morgan fingerprint density at radius 3 is 2.67 bits per heavy atom. The molecule has 1 saturated carbocycles. The zero-order valence-corrected chi connectivity index (χ0v) is 16.4. The summed E-state index contributed by atoms with van der Waals surface area (Å²) in [7, 11) is 1.47. The topological polar surface area (TPSA) is 68.5 Å². The number of carbonyl (C=O) groups excluding carboxylic acids is 1. The van der Waals surface area contributed by atoms with Crippen LogP contribution in [0.4, 0.5) is 13.2 Å². The van der Waals surface area contributed by atoms with Gasteiger partial charge < -0.3 is 10.1 Å². The second kappa shape index (κ2) is 7.97. The highest BCUT2D eigenvalue weighted by molar-refractivity contribution is 6.00. The van der Waals surface area contributed by atoms with Crippen LogP contribution in [-0.2, 0) is 6.18 Å². The number of nitrogens with zero attached hydrogens (tertiary/aromatic N) is 3. The van der Waals surface area contributed by atoms with E-state index in [0.717, 1.165) is 44.4 Å². The summed E-state index contributed by atoms with van der Waals surface area (Å²) in [6, 6.07) is 7.54. The quantitative estimate of drug-likeness (QED) is 0.678. The van der Waals surface area contributed by atoms with Gasteiger partial charge in [-0.2, -0.15) is 18.3 Å². The van der Waals surface area contributed by atoms with Crippen molar-refractivity contribution < 1.29 is 22.7 Å². The fourth-order valence-corrected chi connectivity index (χ4v) is 3.77. The van der Waals surface area contributed by atoms with Crippen LogP contribution < -0.4 is 10.1 Å². The molecule has 0 radical (unpaired) electrons. The van der Waals surface area contributed by atoms with E-state index >= 15 is 0 Å². The molecule has 2 heterocycles. The Morgan fingerprint density at radius 1 is 1.20 bits per heavy atom. The molecular weight excluding hydrogens is 397 g/mol. The lowest BCUT2D eigenvalue weighted by Crippen LogP contribution is -2.36. The number of benzene rings is 1. The summed E-state index contributed by atoms with van der Waals surface area (Å²) in [4.78, 5) is 17.1. The lowest BCUT2D eigenvalue weighted by Gasteiger charge is -2.22. The third-order valence-electron chi connectivity index (χ3n) is 5.31. The Balaban J connectivity index is 1.80. The maximum absolute atomic E-state index is 13.7. The van der Waals surface area contributed by atoms with Gasteiger partial charge in [-0.1, -0.05) is 31.4 Å². The van der Waals surface area contributed by atoms with Gasteiger partial charge in [-0.25, -0.2) is 9.50 Å². The van der Waals surface area contributed by atoms with Crippen molar-refractivity contribution in [3.05, 3.63) is 47.8 Å². The summed E-state index contributed by atoms with van der Waals surface area (Å²) in [6.45, 7) is 0. The van der Waals surface area contributed by atoms with Gasteiger partial charge in [0.25, 0.3) is 5.91 Å². The minimum atomic E-state index is -4.67. The van der Waals surface area contributed by atoms with Gasteiger partial charge in [0.1, 0.15) is 11.3 Å². The summed E-state index contributed by atoms with van der Waals surface area (Å²) in [5.41, 5.74) is -0.572. The molecule has 1 amide bonds. The van der Waals surface area contributed by atoms with Crippen LogP contribution in [-0.4, -0.2) is 33.7 Å². The number of rotatable bonds is 4. The summed E-state index contributed by atoms with van der Waals surface area (Å²) in [5, 5.41) is 6.73. The van der Waals surface area contributed by atoms with Gasteiger partial charge in [-0.15, -0.1) is 0 Å². The molecule has 1 aliphatic carbocycles. The molecule has 0 saturated heterocycles. The highest BCUT2D eigenvalue weighted by Crippen LogP contribution is 2.33. The Morgan fingerprint density at radius 2 is 1.97 bits per heavy atom. The molecule has 1 aliphatic rings. The minimum Gasteiger partial charge on any atom is -0.497 e. The zero-order chi connectivity index (χ0) is 21.3. The Kier molecular flexibility index (Phi) is 5.36. The number of amides is 1. The van der Waals surface area contributed by atoms with Crippen LogP contribution in [0.5, 0.6) is 5.75 Å². The number of nitrogens with one attached hydrogen (secondary N) is 1. The Bertz CT molecular complexity index is 1070. The summed E-state index contributed by atoms with van der Waals surface area (Å²) < 4.78 is 47.0. The van der Waals surface area contributed by atoms with Crippen LogP contribution in [0.15, 0.2) is 36.5 Å². The monoisotopic (exact) mass is 418 g/mol. The van der Waals surface area contributed by atoms with E-state index in [0.29, 0.717) is 15.8 Å². The van der Waals surface area contributed by atoms with E-state index in [2.05, 4.69) is 15.4 Å². The summed E-state index contributed by atoms with van der Waals surface area (Å²) >= 11 is 0. The fourth-order valence-electron chi connectivity index (χ4n) is 3.77. The number of aromatic nitrogens is 3. The van der Waals surface area contributed by atoms with Crippen LogP contribution >= 0.6 is 0 Å². The van der Waals surface area contributed by atoms with Crippen LogP contribution in [0.2, 0.25) is 0 Å². The molecule has 1 aromatic carbocycles. The van der Waals surface area contributed by atoms with Crippen molar-refractivity contribution in [3.63, 3.8) is 0 Å². The first-order chi connectivity index (χ1) is 14.4. The molecule has 1 N–H and O–H groups in total. The van der Waals surface area contributed by atoms with Crippen molar-refractivity contribution in [2.24, 2.45) is 0 Å². The summed E-state index contributed by atoms with van der Waals surface area (Å²) in [6.07, 6.45) is 1.38. The molecular formula is C21H21F3N4O2. The van der Waals surface area contributed by atoms with Gasteiger partial charge in [0, 0.05) is 11.6 Å². The van der Waals surface area contributed by atoms with Gasteiger partial charge in [-0.3, -0.25) is 4.79 Å². The number of halogens is 3. The second-order valence-electron chi connectivity index (χ2n) is 7.36. The Hall–Kier alpha value is -3.10. The van der Waals surface area contributed by atoms with E-state index in [1.165, 1.54) is 7.11 Å². The minimum absolute atomic E-state index is 0.0184. The van der Waals surface area contributed by atoms with Gasteiger partial charge >= 0.3 is 6.18 Å². The predicted octanol–water partition coefficient (Wildman–Crippen LogP) is 4.49. The maximum atomic E-state index is 13.7. The average Bonchev–Trinajstić information content (AvgIpc) is 3.17. The van der Waals surface area contributed by atoms with Crippen LogP contribution in [0, 0.1) is 0 Å². The van der Waals surface area contributed by atoms with Crippen LogP contribution in [0.3, 0.4) is 0 Å². The first-order valence-corrected chi connectivity index (χ1v) is 9.78. The van der Waals surface area contributed by atoms with E-state index < -0.39 is 17.8 Å². The number of carbonyl (C=O) groups is 1. The average molecular weight is 418 g/mol. The lowest BCUT2D eigenvalue weighted by atomic mass is 9.95. The van der Waals surface area contributed by atoms with Crippen molar-refractivity contribution >= 4 is 11.6 Å². The molecule has 0 unspecified atom stereocenters. The van der Waals surface area contributed by atoms with Crippen LogP contribution in [0.25, 0.3) is 16.9 Å². The third-order valence-corrected chi connectivity index (χ3v) is 5.31. The fraction of sp³-hybridized carbons (Fsp3) is 0.381. The molecule has 0 aliphatic heterocycles. The van der Waals surface area contributed by atoms with Crippen molar-refractivity contribution in [1.29, 1.82) is 0 Å². The molecule has 0 bridgehead atoms. The molecule has 4 rings (SSSR count). The molecule has 9 heteroatoms. The van der Waals surface area contributed by atoms with E-state index in [1.54, 1.807) is 24.3 Å². The summed E-state index contributed by atoms with van der Waals surface area (Å²) in [5.74, 6) is 0.0341. The van der Waals surface area contributed by atoms with Crippen molar-refractivity contribution in [1.82, 2.24) is 19.9 Å². The normalized spacial score (nSPS) is 15.3. The van der Waals surface area contributed by atoms with E-state index in [-0.39, 0.29) is 22.9 Å². The third kappa shape index (κ3) is 3.96. The highest BCUT2D eigenvalue weighted by Gasteiger charge is 2.36. The van der Waals surface area contributed by atoms with E-state index in [1.807, 2.05) is 0 Å². The number of alkyl halides is 3. The predicted molar refractivity (Wildman–Crippen MR) is 104 cm³/mol. The number of methoxy groups -OCH3 is 1. The molecule has 3 aromatic rings. The van der Waals surface area contributed by atoms with Gasteiger partial charge in [0.2, 0.25) is 0 Å².